The summed E-state index contributed by atoms with van der Waals surface area (Å²) in [6, 6.07) is -1.01. The van der Waals surface area contributed by atoms with Gasteiger partial charge < -0.3 is 35.6 Å². The Morgan fingerprint density at radius 1 is 1.33 bits per heavy atom. The molecule has 0 radical (unpaired) electrons. The van der Waals surface area contributed by atoms with E-state index in [0.717, 1.165) is 38.7 Å². The standard InChI is InChI=1S/C22H21N9O9S3/c1-3-39-18(35)9-4-24-20-27-21(28-31(20)14(9)33)43-6-8-5-41-17-12(15(34)30(17)16(8)40-22(36)37)26-13(32)11(29-38-2)10-7-42-19(23)25-10/h4,7,12,17,33H,3,5-6H2,1-2H3,(H2,23,25)(H,26,32)(H,36,37)/b29-11-/t12-,17-/m1/s1. The SMILES string of the molecule is CCOC(=O)c1cnc2nc(SCC3=C(OC(=O)O)N4C(=O)[C@@H](NC(=O)/C(=N\OC)c5csc(N)n5)[C@H]4SC3)nn2c1O. The van der Waals surface area contributed by atoms with Crippen LogP contribution in [0.4, 0.5) is 9.93 Å². The number of carbonyl (C=O) groups excluding carboxylic acids is 3. The monoisotopic (exact) mass is 651 g/mol. The highest BCUT2D eigenvalue weighted by molar-refractivity contribution is 8.01. The van der Waals surface area contributed by atoms with E-state index in [9.17, 15) is 29.4 Å². The maximum Gasteiger partial charge on any atom is 0.512 e. The van der Waals surface area contributed by atoms with Gasteiger partial charge >= 0.3 is 12.1 Å². The largest absolute Gasteiger partial charge is 0.512 e. The average Bonchev–Trinajstić information content (AvgIpc) is 3.59. The normalized spacial score (nSPS) is 18.2. The number of ether oxygens (including phenoxy) is 2. The maximum atomic E-state index is 13.1. The van der Waals surface area contributed by atoms with Crippen molar-refractivity contribution in [3.8, 4) is 5.88 Å². The zero-order valence-corrected chi connectivity index (χ0v) is 24.6. The lowest BCUT2D eigenvalue weighted by Gasteiger charge is -2.49. The van der Waals surface area contributed by atoms with Crippen molar-refractivity contribution in [3.05, 3.63) is 34.3 Å². The van der Waals surface area contributed by atoms with Crippen LogP contribution in [0.1, 0.15) is 23.0 Å². The number of nitrogens with zero attached hydrogens (tertiary/aromatic N) is 7. The van der Waals surface area contributed by atoms with Crippen LogP contribution in [-0.2, 0) is 23.9 Å². The number of rotatable bonds is 10. The van der Waals surface area contributed by atoms with Crippen LogP contribution in [0.3, 0.4) is 0 Å². The molecule has 0 saturated carbocycles. The molecule has 0 spiro atoms. The Hall–Kier alpha value is -4.63. The van der Waals surface area contributed by atoms with Gasteiger partial charge in [-0.3, -0.25) is 14.5 Å². The molecule has 21 heteroatoms. The van der Waals surface area contributed by atoms with Crippen molar-refractivity contribution < 1.29 is 43.7 Å². The van der Waals surface area contributed by atoms with Crippen molar-refractivity contribution in [1.82, 2.24) is 34.8 Å². The summed E-state index contributed by atoms with van der Waals surface area (Å²) in [6.45, 7) is 1.72. The molecule has 0 aliphatic carbocycles. The Kier molecular flexibility index (Phi) is 8.54. The van der Waals surface area contributed by atoms with Crippen LogP contribution in [0.25, 0.3) is 5.78 Å². The minimum Gasteiger partial charge on any atom is -0.493 e. The summed E-state index contributed by atoms with van der Waals surface area (Å²) in [5.41, 5.74) is 5.87. The number of aromatic hydroxyl groups is 1. The first-order valence-corrected chi connectivity index (χ1v) is 15.0. The molecule has 18 nitrogen and oxygen atoms in total. The van der Waals surface area contributed by atoms with Gasteiger partial charge in [-0.05, 0) is 6.92 Å². The number of nitrogens with one attached hydrogen (secondary N) is 1. The molecule has 2 atom stereocenters. The van der Waals surface area contributed by atoms with Gasteiger partial charge in [-0.25, -0.2) is 19.6 Å². The molecule has 2 aliphatic heterocycles. The molecule has 5 N–H and O–H groups in total. The van der Waals surface area contributed by atoms with Gasteiger partial charge in [0.25, 0.3) is 17.6 Å². The molecule has 0 aromatic carbocycles. The fraction of sp³-hybridized carbons (Fsp3) is 0.318. The predicted molar refractivity (Wildman–Crippen MR) is 150 cm³/mol. The first-order valence-electron chi connectivity index (χ1n) is 12.1. The van der Waals surface area contributed by atoms with E-state index in [2.05, 4.69) is 30.5 Å². The third-order valence-corrected chi connectivity index (χ3v) is 8.76. The number of oxime groups is 1. The summed E-state index contributed by atoms with van der Waals surface area (Å²) in [6.07, 6.45) is -0.517. The van der Waals surface area contributed by atoms with Crippen LogP contribution in [0.5, 0.6) is 5.88 Å². The highest BCUT2D eigenvalue weighted by Crippen LogP contribution is 2.42. The molecule has 2 aliphatic rings. The van der Waals surface area contributed by atoms with Gasteiger partial charge in [0.2, 0.25) is 16.9 Å². The van der Waals surface area contributed by atoms with E-state index in [1.54, 1.807) is 6.92 Å². The third-order valence-electron chi connectivity index (χ3n) is 5.82. The summed E-state index contributed by atoms with van der Waals surface area (Å²) < 4.78 is 10.9. The highest BCUT2D eigenvalue weighted by Gasteiger charge is 2.54. The molecule has 3 aromatic rings. The zero-order valence-electron chi connectivity index (χ0n) is 22.1. The lowest BCUT2D eigenvalue weighted by Crippen LogP contribution is -2.70. The molecule has 5 rings (SSSR count). The van der Waals surface area contributed by atoms with Crippen molar-refractivity contribution in [1.29, 1.82) is 0 Å². The van der Waals surface area contributed by atoms with Crippen LogP contribution in [0.2, 0.25) is 0 Å². The lowest BCUT2D eigenvalue weighted by atomic mass is 10.1. The van der Waals surface area contributed by atoms with Gasteiger partial charge in [0.15, 0.2) is 10.8 Å². The molecule has 1 fully saturated rings. The summed E-state index contributed by atoms with van der Waals surface area (Å²) in [7, 11) is 1.25. The quantitative estimate of drug-likeness (QED) is 0.0766. The molecule has 43 heavy (non-hydrogen) atoms. The highest BCUT2D eigenvalue weighted by atomic mass is 32.2. The van der Waals surface area contributed by atoms with E-state index in [0.29, 0.717) is 5.57 Å². The summed E-state index contributed by atoms with van der Waals surface area (Å²) in [4.78, 5) is 67.8. The number of thiazole rings is 1. The second kappa shape index (κ2) is 12.3. The lowest BCUT2D eigenvalue weighted by molar-refractivity contribution is -0.148. The van der Waals surface area contributed by atoms with E-state index in [1.807, 2.05) is 0 Å². The number of carboxylic acid groups (broad SMARTS) is 1. The smallest absolute Gasteiger partial charge is 0.493 e. The number of thioether (sulfide) groups is 2. The minimum absolute atomic E-state index is 0.00958. The number of esters is 1. The Balaban J connectivity index is 1.32. The molecule has 0 unspecified atom stereocenters. The molecular formula is C22H21N9O9S3. The molecule has 0 bridgehead atoms. The number of fused-ring (bicyclic) bond motifs is 2. The third kappa shape index (κ3) is 5.85. The second-order valence-electron chi connectivity index (χ2n) is 8.44. The number of nitrogen functional groups attached to an aromatic ring is 1. The number of carbonyl (C=O) groups is 4. The Bertz CT molecular complexity index is 1690. The maximum absolute atomic E-state index is 13.1. The van der Waals surface area contributed by atoms with Crippen LogP contribution < -0.4 is 11.1 Å². The van der Waals surface area contributed by atoms with Crippen molar-refractivity contribution in [2.75, 3.05) is 31.0 Å². The number of anilines is 1. The summed E-state index contributed by atoms with van der Waals surface area (Å²) in [5.74, 6) is -2.48. The zero-order chi connectivity index (χ0) is 30.8. The predicted octanol–water partition coefficient (Wildman–Crippen LogP) is 0.494. The van der Waals surface area contributed by atoms with Crippen molar-refractivity contribution in [2.45, 2.75) is 23.5 Å². The van der Waals surface area contributed by atoms with Crippen molar-refractivity contribution in [2.24, 2.45) is 5.16 Å². The van der Waals surface area contributed by atoms with Crippen molar-refractivity contribution in [3.63, 3.8) is 0 Å². The van der Waals surface area contributed by atoms with E-state index in [4.69, 9.17) is 20.0 Å². The van der Waals surface area contributed by atoms with Gasteiger partial charge in [0, 0.05) is 22.5 Å². The van der Waals surface area contributed by atoms with E-state index in [-0.39, 0.29) is 57.0 Å². The topological polar surface area (TPSA) is 246 Å². The number of aromatic nitrogens is 5. The average molecular weight is 652 g/mol. The number of β-lactam (4-membered cyclic amide) rings is 1. The number of hydrogen-bond donors (Lipinski definition) is 4. The number of nitrogens with two attached hydrogens (primary N) is 1. The second-order valence-corrected chi connectivity index (χ2v) is 11.4. The van der Waals surface area contributed by atoms with Gasteiger partial charge in [0.05, 0.1) is 12.8 Å². The van der Waals surface area contributed by atoms with E-state index in [1.165, 1.54) is 24.3 Å². The molecule has 2 amide bonds. The van der Waals surface area contributed by atoms with Gasteiger partial charge in [-0.1, -0.05) is 16.9 Å². The summed E-state index contributed by atoms with van der Waals surface area (Å²) >= 11 is 3.43. The van der Waals surface area contributed by atoms with Crippen LogP contribution in [-0.4, -0.2) is 106 Å². The van der Waals surface area contributed by atoms with E-state index < -0.39 is 41.2 Å². The Morgan fingerprint density at radius 3 is 2.79 bits per heavy atom. The first kappa shape index (κ1) is 29.8. The van der Waals surface area contributed by atoms with Crippen LogP contribution >= 0.6 is 34.9 Å². The first-order chi connectivity index (χ1) is 20.6. The van der Waals surface area contributed by atoms with E-state index >= 15 is 0 Å². The molecule has 226 valence electrons. The van der Waals surface area contributed by atoms with Crippen LogP contribution in [0, 0.1) is 0 Å². The number of amides is 2. The molecule has 5 heterocycles. The van der Waals surface area contributed by atoms with Gasteiger partial charge in [-0.2, -0.15) is 9.50 Å². The van der Waals surface area contributed by atoms with Crippen LogP contribution in [0.15, 0.2) is 33.3 Å². The van der Waals surface area contributed by atoms with Gasteiger partial charge in [0.1, 0.15) is 29.8 Å². The van der Waals surface area contributed by atoms with Gasteiger partial charge in [-0.15, -0.1) is 28.2 Å². The minimum atomic E-state index is -1.63. The fourth-order valence-electron chi connectivity index (χ4n) is 3.98. The Morgan fingerprint density at radius 2 is 2.12 bits per heavy atom. The van der Waals surface area contributed by atoms with Crippen molar-refractivity contribution >= 4 is 75.4 Å². The summed E-state index contributed by atoms with van der Waals surface area (Å²) in [5, 5.41) is 31.5. The molecule has 1 saturated heterocycles. The fourth-order valence-corrected chi connectivity index (χ4v) is 6.80. The number of hydrogen-bond acceptors (Lipinski definition) is 17. The Labute approximate surface area is 253 Å². The molecule has 3 aromatic heterocycles. The molecular weight excluding hydrogens is 630 g/mol.